The molecule has 0 atom stereocenters. The number of aromatic nitrogens is 2. The minimum absolute atomic E-state index is 0.296. The van der Waals surface area contributed by atoms with Crippen LogP contribution in [0.4, 0.5) is 0 Å². The molecule has 1 saturated carbocycles. The molecule has 1 aliphatic carbocycles. The van der Waals surface area contributed by atoms with Crippen LogP contribution in [-0.2, 0) is 6.54 Å². The maximum Gasteiger partial charge on any atom is 0.167 e. The summed E-state index contributed by atoms with van der Waals surface area (Å²) < 4.78 is 2.05. The summed E-state index contributed by atoms with van der Waals surface area (Å²) in [4.78, 5) is 17.7. The van der Waals surface area contributed by atoms with Crippen molar-refractivity contribution in [2.45, 2.75) is 33.2 Å². The topological polar surface area (TPSA) is 34.9 Å². The van der Waals surface area contributed by atoms with Crippen molar-refractivity contribution in [1.82, 2.24) is 9.55 Å². The lowest BCUT2D eigenvalue weighted by Crippen LogP contribution is -2.00. The summed E-state index contributed by atoms with van der Waals surface area (Å²) in [6.45, 7) is 4.89. The molecule has 0 aromatic carbocycles. The highest BCUT2D eigenvalue weighted by Gasteiger charge is 2.30. The summed E-state index contributed by atoms with van der Waals surface area (Å²) >= 11 is 1.73. The van der Waals surface area contributed by atoms with Gasteiger partial charge in [-0.1, -0.05) is 0 Å². The van der Waals surface area contributed by atoms with E-state index < -0.39 is 0 Å². The van der Waals surface area contributed by atoms with Gasteiger partial charge >= 0.3 is 0 Å². The maximum absolute atomic E-state index is 11.9. The highest BCUT2D eigenvalue weighted by Crippen LogP contribution is 2.32. The van der Waals surface area contributed by atoms with Gasteiger partial charge in [-0.25, -0.2) is 4.98 Å². The van der Waals surface area contributed by atoms with Crippen molar-refractivity contribution in [3.63, 3.8) is 0 Å². The zero-order chi connectivity index (χ0) is 12.7. The molecule has 2 aromatic rings. The van der Waals surface area contributed by atoms with Gasteiger partial charge in [-0.2, -0.15) is 0 Å². The molecule has 0 radical (unpaired) electrons. The number of Topliss-reactive ketones (excluding diaryl/α,β-unsaturated/α-hetero) is 1. The van der Waals surface area contributed by atoms with Crippen LogP contribution >= 0.6 is 11.3 Å². The predicted molar refractivity (Wildman–Crippen MR) is 72.2 cm³/mol. The molecule has 4 heteroatoms. The number of hydrogen-bond donors (Lipinski definition) is 0. The Morgan fingerprint density at radius 1 is 1.50 bits per heavy atom. The van der Waals surface area contributed by atoms with E-state index in [0.29, 0.717) is 11.7 Å². The van der Waals surface area contributed by atoms with E-state index in [1.807, 2.05) is 30.0 Å². The number of rotatable bonds is 4. The normalized spacial score (nSPS) is 15.0. The first kappa shape index (κ1) is 11.7. The zero-order valence-corrected chi connectivity index (χ0v) is 11.5. The van der Waals surface area contributed by atoms with Gasteiger partial charge in [-0.05, 0) is 32.8 Å². The van der Waals surface area contributed by atoms with E-state index in [1.54, 1.807) is 11.3 Å². The van der Waals surface area contributed by atoms with Crippen LogP contribution in [0.15, 0.2) is 18.5 Å². The Labute approximate surface area is 110 Å². The van der Waals surface area contributed by atoms with Crippen LogP contribution in [0.3, 0.4) is 0 Å². The Hall–Kier alpha value is -1.42. The lowest BCUT2D eigenvalue weighted by atomic mass is 10.1. The van der Waals surface area contributed by atoms with E-state index >= 15 is 0 Å². The molecular weight excluding hydrogens is 244 g/mol. The zero-order valence-electron chi connectivity index (χ0n) is 10.6. The third-order valence-electron chi connectivity index (χ3n) is 3.37. The van der Waals surface area contributed by atoms with Crippen LogP contribution in [0.1, 0.15) is 38.8 Å². The molecule has 0 unspecified atom stereocenters. The highest BCUT2D eigenvalue weighted by molar-refractivity contribution is 7.11. The lowest BCUT2D eigenvalue weighted by Gasteiger charge is -1.98. The van der Waals surface area contributed by atoms with Crippen molar-refractivity contribution in [3.05, 3.63) is 39.6 Å². The Morgan fingerprint density at radius 2 is 2.28 bits per heavy atom. The average Bonchev–Trinajstić information content (AvgIpc) is 3.01. The fraction of sp³-hybridized carbons (Fsp3) is 0.429. The van der Waals surface area contributed by atoms with Crippen LogP contribution in [0, 0.1) is 19.8 Å². The highest BCUT2D eigenvalue weighted by atomic mass is 32.1. The second-order valence-electron chi connectivity index (χ2n) is 4.96. The second-order valence-corrected chi connectivity index (χ2v) is 6.25. The number of carbonyl (C=O) groups excluding carboxylic acids is 1. The largest absolute Gasteiger partial charge is 0.347 e. The van der Waals surface area contributed by atoms with Crippen LogP contribution in [0.2, 0.25) is 0 Å². The summed E-state index contributed by atoms with van der Waals surface area (Å²) in [5.74, 6) is 0.602. The van der Waals surface area contributed by atoms with Crippen molar-refractivity contribution in [2.24, 2.45) is 5.92 Å². The molecule has 0 bridgehead atoms. The smallest absolute Gasteiger partial charge is 0.167 e. The molecule has 3 nitrogen and oxygen atoms in total. The standard InChI is InChI=1S/C14H16N2OS/c1-9-10(2)18-13(15-9)8-16-6-5-12(7-16)14(17)11-3-4-11/h5-7,11H,3-4,8H2,1-2H3. The molecule has 0 spiro atoms. The number of carbonyl (C=O) groups is 1. The van der Waals surface area contributed by atoms with Gasteiger partial charge in [-0.3, -0.25) is 4.79 Å². The molecule has 3 rings (SSSR count). The minimum atomic E-state index is 0.296. The SMILES string of the molecule is Cc1nc(Cn2ccc(C(=O)C3CC3)c2)sc1C. The average molecular weight is 260 g/mol. The Morgan fingerprint density at radius 3 is 2.89 bits per heavy atom. The monoisotopic (exact) mass is 260 g/mol. The fourth-order valence-corrected chi connectivity index (χ4v) is 2.97. The first-order valence-electron chi connectivity index (χ1n) is 6.26. The third-order valence-corrected chi connectivity index (χ3v) is 4.43. The summed E-state index contributed by atoms with van der Waals surface area (Å²) in [7, 11) is 0. The number of thiazole rings is 1. The third kappa shape index (κ3) is 2.25. The number of hydrogen-bond acceptors (Lipinski definition) is 3. The predicted octanol–water partition coefficient (Wildman–Crippen LogP) is 3.20. The Kier molecular flexibility index (Phi) is 2.82. The molecule has 1 aliphatic rings. The van der Waals surface area contributed by atoms with E-state index in [4.69, 9.17) is 0 Å². The number of nitrogens with zero attached hydrogens (tertiary/aromatic N) is 2. The molecule has 0 aliphatic heterocycles. The van der Waals surface area contributed by atoms with Gasteiger partial charge in [0.1, 0.15) is 5.01 Å². The van der Waals surface area contributed by atoms with E-state index in [0.717, 1.165) is 35.7 Å². The second kappa shape index (κ2) is 4.35. The van der Waals surface area contributed by atoms with E-state index in [-0.39, 0.29) is 0 Å². The molecule has 0 N–H and O–H groups in total. The molecule has 2 aromatic heterocycles. The van der Waals surface area contributed by atoms with Crippen LogP contribution < -0.4 is 0 Å². The number of ketones is 1. The van der Waals surface area contributed by atoms with Crippen molar-refractivity contribution >= 4 is 17.1 Å². The quantitative estimate of drug-likeness (QED) is 0.791. The summed E-state index contributed by atoms with van der Waals surface area (Å²) in [5.41, 5.74) is 1.96. The van der Waals surface area contributed by atoms with Gasteiger partial charge < -0.3 is 4.57 Å². The van der Waals surface area contributed by atoms with Crippen LogP contribution in [0.25, 0.3) is 0 Å². The maximum atomic E-state index is 11.9. The van der Waals surface area contributed by atoms with E-state index in [9.17, 15) is 4.79 Å². The van der Waals surface area contributed by atoms with E-state index in [1.165, 1.54) is 4.88 Å². The molecule has 94 valence electrons. The summed E-state index contributed by atoms with van der Waals surface area (Å²) in [6.07, 6.45) is 6.05. The van der Waals surface area contributed by atoms with Gasteiger partial charge in [0.05, 0.1) is 12.2 Å². The minimum Gasteiger partial charge on any atom is -0.347 e. The molecule has 2 heterocycles. The van der Waals surface area contributed by atoms with Crippen molar-refractivity contribution in [1.29, 1.82) is 0 Å². The number of aryl methyl sites for hydroxylation is 2. The Bertz CT molecular complexity index is 573. The van der Waals surface area contributed by atoms with Crippen molar-refractivity contribution < 1.29 is 4.79 Å². The first-order chi connectivity index (χ1) is 8.63. The molecular formula is C14H16N2OS. The van der Waals surface area contributed by atoms with E-state index in [2.05, 4.69) is 11.9 Å². The van der Waals surface area contributed by atoms with Crippen molar-refractivity contribution in [2.75, 3.05) is 0 Å². The van der Waals surface area contributed by atoms with Gasteiger partial charge in [0, 0.05) is 28.8 Å². The summed E-state index contributed by atoms with van der Waals surface area (Å²) in [5, 5.41) is 1.10. The summed E-state index contributed by atoms with van der Waals surface area (Å²) in [6, 6.07) is 1.92. The first-order valence-corrected chi connectivity index (χ1v) is 7.08. The molecule has 0 amide bonds. The van der Waals surface area contributed by atoms with Gasteiger partial charge in [0.25, 0.3) is 0 Å². The Balaban J connectivity index is 1.75. The van der Waals surface area contributed by atoms with Gasteiger partial charge in [0.15, 0.2) is 5.78 Å². The fourth-order valence-electron chi connectivity index (χ4n) is 2.03. The van der Waals surface area contributed by atoms with Crippen LogP contribution in [-0.4, -0.2) is 15.3 Å². The lowest BCUT2D eigenvalue weighted by molar-refractivity contribution is 0.0967. The van der Waals surface area contributed by atoms with Crippen LogP contribution in [0.5, 0.6) is 0 Å². The van der Waals surface area contributed by atoms with Gasteiger partial charge in [-0.15, -0.1) is 11.3 Å². The van der Waals surface area contributed by atoms with Gasteiger partial charge in [0.2, 0.25) is 0 Å². The molecule has 0 saturated heterocycles. The van der Waals surface area contributed by atoms with Crippen molar-refractivity contribution in [3.8, 4) is 0 Å². The molecule has 18 heavy (non-hydrogen) atoms. The molecule has 1 fully saturated rings.